The molecule has 1 heterocycles. The second kappa shape index (κ2) is 4.09. The number of rotatable bonds is 2. The number of nitrogens with zero attached hydrogens (tertiary/aromatic N) is 1. The van der Waals surface area contributed by atoms with E-state index in [1.165, 1.54) is 6.07 Å². The molecule has 0 unspecified atom stereocenters. The van der Waals surface area contributed by atoms with Crippen molar-refractivity contribution in [2.75, 3.05) is 29.9 Å². The summed E-state index contributed by atoms with van der Waals surface area (Å²) in [4.78, 5) is 2.25. The van der Waals surface area contributed by atoms with Gasteiger partial charge >= 0.3 is 0 Å². The molecule has 2 nitrogen and oxygen atoms in total. The zero-order chi connectivity index (χ0) is 10.8. The van der Waals surface area contributed by atoms with Crippen molar-refractivity contribution in [3.05, 3.63) is 24.0 Å². The summed E-state index contributed by atoms with van der Waals surface area (Å²) in [6.07, 6.45) is 0. The Morgan fingerprint density at radius 3 is 3.00 bits per heavy atom. The molecule has 1 N–H and O–H groups in total. The lowest BCUT2D eigenvalue weighted by Gasteiger charge is -2.33. The standard InChI is InChI=1S/C12H17FN2/c1-9(2)8-15-6-5-14-11-4-3-10(13)7-12(11)15/h3-4,7,9,14H,5-6,8H2,1-2H3. The largest absolute Gasteiger partial charge is 0.382 e. The van der Waals surface area contributed by atoms with Gasteiger partial charge in [0.15, 0.2) is 0 Å². The molecule has 1 aliphatic rings. The average molecular weight is 208 g/mol. The molecular weight excluding hydrogens is 191 g/mol. The fourth-order valence-electron chi connectivity index (χ4n) is 1.99. The Bertz CT molecular complexity index is 349. The van der Waals surface area contributed by atoms with E-state index >= 15 is 0 Å². The molecule has 0 atom stereocenters. The van der Waals surface area contributed by atoms with Gasteiger partial charge in [0.25, 0.3) is 0 Å². The predicted octanol–water partition coefficient (Wildman–Crippen LogP) is 2.71. The van der Waals surface area contributed by atoms with E-state index in [1.54, 1.807) is 6.07 Å². The number of benzene rings is 1. The van der Waals surface area contributed by atoms with Crippen LogP contribution in [0.15, 0.2) is 18.2 Å². The molecule has 1 aliphatic heterocycles. The third-order valence-corrected chi connectivity index (χ3v) is 2.58. The van der Waals surface area contributed by atoms with Gasteiger partial charge in [0, 0.05) is 19.6 Å². The van der Waals surface area contributed by atoms with Gasteiger partial charge in [-0.1, -0.05) is 13.8 Å². The van der Waals surface area contributed by atoms with Gasteiger partial charge in [-0.15, -0.1) is 0 Å². The van der Waals surface area contributed by atoms with E-state index in [4.69, 9.17) is 0 Å². The first-order valence-corrected chi connectivity index (χ1v) is 5.45. The quantitative estimate of drug-likeness (QED) is 0.804. The summed E-state index contributed by atoms with van der Waals surface area (Å²) in [6, 6.07) is 4.94. The topological polar surface area (TPSA) is 15.3 Å². The van der Waals surface area contributed by atoms with Crippen molar-refractivity contribution >= 4 is 11.4 Å². The highest BCUT2D eigenvalue weighted by Gasteiger charge is 2.17. The van der Waals surface area contributed by atoms with Gasteiger partial charge in [0.1, 0.15) is 5.82 Å². The molecule has 0 bridgehead atoms. The van der Waals surface area contributed by atoms with Gasteiger partial charge in [-0.25, -0.2) is 4.39 Å². The Balaban J connectivity index is 2.28. The molecule has 0 spiro atoms. The predicted molar refractivity (Wildman–Crippen MR) is 61.9 cm³/mol. The highest BCUT2D eigenvalue weighted by molar-refractivity contribution is 5.72. The van der Waals surface area contributed by atoms with Crippen LogP contribution >= 0.6 is 0 Å². The Hall–Kier alpha value is -1.25. The molecule has 1 aromatic carbocycles. The average Bonchev–Trinajstić information content (AvgIpc) is 2.18. The molecule has 0 fully saturated rings. The van der Waals surface area contributed by atoms with Crippen molar-refractivity contribution < 1.29 is 4.39 Å². The smallest absolute Gasteiger partial charge is 0.125 e. The molecular formula is C12H17FN2. The number of anilines is 2. The fraction of sp³-hybridized carbons (Fsp3) is 0.500. The molecule has 0 aromatic heterocycles. The van der Waals surface area contributed by atoms with Crippen LogP contribution in [0.1, 0.15) is 13.8 Å². The summed E-state index contributed by atoms with van der Waals surface area (Å²) < 4.78 is 13.2. The molecule has 0 radical (unpaired) electrons. The van der Waals surface area contributed by atoms with Crippen LogP contribution in [-0.2, 0) is 0 Å². The van der Waals surface area contributed by atoms with Crippen molar-refractivity contribution in [2.45, 2.75) is 13.8 Å². The number of halogens is 1. The van der Waals surface area contributed by atoms with Crippen molar-refractivity contribution in [3.63, 3.8) is 0 Å². The monoisotopic (exact) mass is 208 g/mol. The van der Waals surface area contributed by atoms with Gasteiger partial charge in [-0.2, -0.15) is 0 Å². The maximum Gasteiger partial charge on any atom is 0.125 e. The summed E-state index contributed by atoms with van der Waals surface area (Å²) in [5, 5.41) is 3.28. The molecule has 15 heavy (non-hydrogen) atoms. The van der Waals surface area contributed by atoms with Crippen LogP contribution in [0.25, 0.3) is 0 Å². The summed E-state index contributed by atoms with van der Waals surface area (Å²) in [6.45, 7) is 7.24. The summed E-state index contributed by atoms with van der Waals surface area (Å²) in [7, 11) is 0. The molecule has 0 amide bonds. The molecule has 2 rings (SSSR count). The highest BCUT2D eigenvalue weighted by Crippen LogP contribution is 2.29. The van der Waals surface area contributed by atoms with Gasteiger partial charge in [-0.05, 0) is 24.1 Å². The minimum absolute atomic E-state index is 0.161. The number of nitrogens with one attached hydrogen (secondary N) is 1. The minimum atomic E-state index is -0.161. The van der Waals surface area contributed by atoms with Crippen LogP contribution in [0.2, 0.25) is 0 Å². The maximum absolute atomic E-state index is 13.2. The van der Waals surface area contributed by atoms with E-state index in [0.29, 0.717) is 5.92 Å². The van der Waals surface area contributed by atoms with Crippen molar-refractivity contribution in [1.82, 2.24) is 0 Å². The molecule has 1 aromatic rings. The second-order valence-corrected chi connectivity index (χ2v) is 4.43. The van der Waals surface area contributed by atoms with Crippen LogP contribution in [-0.4, -0.2) is 19.6 Å². The fourth-order valence-corrected chi connectivity index (χ4v) is 1.99. The van der Waals surface area contributed by atoms with Gasteiger partial charge < -0.3 is 10.2 Å². The van der Waals surface area contributed by atoms with Crippen LogP contribution in [0.5, 0.6) is 0 Å². The minimum Gasteiger partial charge on any atom is -0.382 e. The zero-order valence-electron chi connectivity index (χ0n) is 9.26. The van der Waals surface area contributed by atoms with E-state index in [0.717, 1.165) is 31.0 Å². The zero-order valence-corrected chi connectivity index (χ0v) is 9.26. The number of hydrogen-bond donors (Lipinski definition) is 1. The van der Waals surface area contributed by atoms with Gasteiger partial charge in [-0.3, -0.25) is 0 Å². The Morgan fingerprint density at radius 1 is 1.47 bits per heavy atom. The van der Waals surface area contributed by atoms with E-state index < -0.39 is 0 Å². The van der Waals surface area contributed by atoms with Gasteiger partial charge in [0.2, 0.25) is 0 Å². The van der Waals surface area contributed by atoms with E-state index in [1.807, 2.05) is 6.07 Å². The first kappa shape index (κ1) is 10.3. The number of fused-ring (bicyclic) bond motifs is 1. The Labute approximate surface area is 90.1 Å². The Kier molecular flexibility index (Phi) is 2.80. The highest BCUT2D eigenvalue weighted by atomic mass is 19.1. The van der Waals surface area contributed by atoms with Crippen LogP contribution in [0.4, 0.5) is 15.8 Å². The lowest BCUT2D eigenvalue weighted by Crippen LogP contribution is -2.36. The van der Waals surface area contributed by atoms with Crippen molar-refractivity contribution in [1.29, 1.82) is 0 Å². The van der Waals surface area contributed by atoms with Crippen LogP contribution < -0.4 is 10.2 Å². The van der Waals surface area contributed by atoms with Crippen molar-refractivity contribution in [3.8, 4) is 0 Å². The number of hydrogen-bond acceptors (Lipinski definition) is 2. The Morgan fingerprint density at radius 2 is 2.27 bits per heavy atom. The van der Waals surface area contributed by atoms with Crippen molar-refractivity contribution in [2.24, 2.45) is 5.92 Å². The van der Waals surface area contributed by atoms with E-state index in [-0.39, 0.29) is 5.82 Å². The summed E-state index contributed by atoms with van der Waals surface area (Å²) in [5.74, 6) is 0.436. The van der Waals surface area contributed by atoms with E-state index in [9.17, 15) is 4.39 Å². The lowest BCUT2D eigenvalue weighted by atomic mass is 10.1. The van der Waals surface area contributed by atoms with Crippen LogP contribution in [0.3, 0.4) is 0 Å². The first-order chi connectivity index (χ1) is 7.16. The normalized spacial score (nSPS) is 15.1. The van der Waals surface area contributed by atoms with Crippen LogP contribution in [0, 0.1) is 11.7 Å². The lowest BCUT2D eigenvalue weighted by molar-refractivity contribution is 0.601. The van der Waals surface area contributed by atoms with Gasteiger partial charge in [0.05, 0.1) is 11.4 Å². The third-order valence-electron chi connectivity index (χ3n) is 2.58. The molecule has 82 valence electrons. The third kappa shape index (κ3) is 2.22. The summed E-state index contributed by atoms with van der Waals surface area (Å²) in [5.41, 5.74) is 2.04. The molecule has 0 aliphatic carbocycles. The SMILES string of the molecule is CC(C)CN1CCNc2ccc(F)cc21. The second-order valence-electron chi connectivity index (χ2n) is 4.43. The maximum atomic E-state index is 13.2. The molecule has 0 saturated heterocycles. The first-order valence-electron chi connectivity index (χ1n) is 5.45. The molecule has 0 saturated carbocycles. The molecule has 3 heteroatoms. The summed E-state index contributed by atoms with van der Waals surface area (Å²) >= 11 is 0. The van der Waals surface area contributed by atoms with E-state index in [2.05, 4.69) is 24.1 Å².